The van der Waals surface area contributed by atoms with Gasteiger partial charge >= 0.3 is 5.97 Å². The first-order valence-electron chi connectivity index (χ1n) is 11.4. The molecule has 0 radical (unpaired) electrons. The van der Waals surface area contributed by atoms with Gasteiger partial charge in [-0.15, -0.1) is 5.10 Å². The van der Waals surface area contributed by atoms with Crippen molar-refractivity contribution in [3.63, 3.8) is 0 Å². The molecule has 3 aromatic carbocycles. The normalized spacial score (nSPS) is 14.6. The summed E-state index contributed by atoms with van der Waals surface area (Å²) in [6.07, 6.45) is 0. The third kappa shape index (κ3) is 5.37. The smallest absolute Gasteiger partial charge is 0.335 e. The summed E-state index contributed by atoms with van der Waals surface area (Å²) in [7, 11) is 0. The molecule has 186 valence electrons. The second kappa shape index (κ2) is 10.5. The Morgan fingerprint density at radius 3 is 2.43 bits per heavy atom. The lowest BCUT2D eigenvalue weighted by Gasteiger charge is -2.28. The minimum Gasteiger partial charge on any atom is -0.478 e. The number of nitrogens with zero attached hydrogens (tertiary/aromatic N) is 3. The Kier molecular flexibility index (Phi) is 6.98. The second-order valence-corrected chi connectivity index (χ2v) is 9.77. The van der Waals surface area contributed by atoms with Gasteiger partial charge in [-0.1, -0.05) is 65.8 Å². The number of carbonyl (C=O) groups is 2. The van der Waals surface area contributed by atoms with E-state index >= 15 is 0 Å². The number of hydrogen-bond acceptors (Lipinski definition) is 6. The maximum atomic E-state index is 13.5. The highest BCUT2D eigenvalue weighted by atomic mass is 35.5. The van der Waals surface area contributed by atoms with E-state index in [2.05, 4.69) is 15.6 Å². The standard InChI is InChI=1S/C27H22ClN5O3S/c1-16-22(24(34)30-21-5-3-2-4-6-21)23(18-9-11-19(12-10-18)25(35)36)33-26(29-16)31-27(32-33)37-15-17-7-13-20(28)14-8-17/h2-14,23H,15H2,1H3,(H,30,34)(H,35,36)(H,29,31,32)/t23-/m1/s1. The number of aromatic nitrogens is 3. The lowest BCUT2D eigenvalue weighted by atomic mass is 9.94. The van der Waals surface area contributed by atoms with Crippen LogP contribution in [0.2, 0.25) is 5.02 Å². The highest BCUT2D eigenvalue weighted by Gasteiger charge is 2.34. The van der Waals surface area contributed by atoms with Crippen molar-refractivity contribution in [2.24, 2.45) is 0 Å². The number of amides is 1. The molecule has 1 atom stereocenters. The molecule has 5 rings (SSSR count). The highest BCUT2D eigenvalue weighted by molar-refractivity contribution is 7.98. The molecular formula is C27H22ClN5O3S. The highest BCUT2D eigenvalue weighted by Crippen LogP contribution is 2.37. The van der Waals surface area contributed by atoms with Crippen molar-refractivity contribution in [2.45, 2.75) is 23.9 Å². The van der Waals surface area contributed by atoms with Crippen LogP contribution in [0, 0.1) is 0 Å². The van der Waals surface area contributed by atoms with Crippen LogP contribution in [0.15, 0.2) is 95.3 Å². The summed E-state index contributed by atoms with van der Waals surface area (Å²) >= 11 is 7.46. The molecule has 0 saturated heterocycles. The monoisotopic (exact) mass is 531 g/mol. The molecule has 8 nitrogen and oxygen atoms in total. The van der Waals surface area contributed by atoms with E-state index in [1.165, 1.54) is 23.9 Å². The first kappa shape index (κ1) is 24.6. The van der Waals surface area contributed by atoms with Crippen LogP contribution in [0.5, 0.6) is 0 Å². The number of hydrogen-bond donors (Lipinski definition) is 3. The summed E-state index contributed by atoms with van der Waals surface area (Å²) in [5.41, 5.74) is 3.70. The maximum Gasteiger partial charge on any atom is 0.335 e. The van der Waals surface area contributed by atoms with Crippen LogP contribution < -0.4 is 10.6 Å². The fraction of sp³-hybridized carbons (Fsp3) is 0.111. The predicted octanol–water partition coefficient (Wildman–Crippen LogP) is 5.85. The summed E-state index contributed by atoms with van der Waals surface area (Å²) in [5, 5.41) is 21.4. The molecule has 0 spiro atoms. The van der Waals surface area contributed by atoms with Gasteiger partial charge in [0.05, 0.1) is 11.1 Å². The van der Waals surface area contributed by atoms with Crippen LogP contribution in [0.1, 0.15) is 34.5 Å². The fourth-order valence-electron chi connectivity index (χ4n) is 4.05. The summed E-state index contributed by atoms with van der Waals surface area (Å²) in [4.78, 5) is 29.6. The number of thioether (sulfide) groups is 1. The molecule has 1 aromatic heterocycles. The van der Waals surface area contributed by atoms with E-state index in [0.717, 1.165) is 5.56 Å². The van der Waals surface area contributed by atoms with Gasteiger partial charge in [0, 0.05) is 22.2 Å². The minimum atomic E-state index is -1.02. The SMILES string of the molecule is CC1=C(C(=O)Nc2ccccc2)[C@@H](c2ccc(C(=O)O)cc2)n2nc(SCc3ccc(Cl)cc3)nc2N1. The van der Waals surface area contributed by atoms with E-state index in [1.807, 2.05) is 61.5 Å². The van der Waals surface area contributed by atoms with Crippen molar-refractivity contribution < 1.29 is 14.7 Å². The zero-order valence-corrected chi connectivity index (χ0v) is 21.3. The summed E-state index contributed by atoms with van der Waals surface area (Å²) in [6, 6.07) is 22.6. The van der Waals surface area contributed by atoms with Crippen molar-refractivity contribution in [1.29, 1.82) is 0 Å². The number of para-hydroxylation sites is 1. The molecule has 37 heavy (non-hydrogen) atoms. The predicted molar refractivity (Wildman–Crippen MR) is 144 cm³/mol. The van der Waals surface area contributed by atoms with Gasteiger partial charge in [0.25, 0.3) is 5.91 Å². The topological polar surface area (TPSA) is 109 Å². The van der Waals surface area contributed by atoms with Gasteiger partial charge in [0.1, 0.15) is 6.04 Å². The Morgan fingerprint density at radius 2 is 1.76 bits per heavy atom. The molecule has 0 aliphatic carbocycles. The van der Waals surface area contributed by atoms with Crippen molar-refractivity contribution in [1.82, 2.24) is 14.8 Å². The number of carboxylic acid groups (broad SMARTS) is 1. The number of fused-ring (bicyclic) bond motifs is 1. The van der Waals surface area contributed by atoms with Gasteiger partial charge in [-0.25, -0.2) is 9.48 Å². The van der Waals surface area contributed by atoms with Gasteiger partial charge in [0.2, 0.25) is 11.1 Å². The Bertz CT molecular complexity index is 1480. The average molecular weight is 532 g/mol. The molecule has 0 bridgehead atoms. The molecule has 10 heteroatoms. The Labute approximate surface area is 222 Å². The van der Waals surface area contributed by atoms with Crippen molar-refractivity contribution in [2.75, 3.05) is 10.6 Å². The number of carbonyl (C=O) groups excluding carboxylic acids is 1. The lowest BCUT2D eigenvalue weighted by molar-refractivity contribution is -0.113. The van der Waals surface area contributed by atoms with Gasteiger partial charge in [-0.3, -0.25) is 4.79 Å². The Balaban J connectivity index is 1.49. The number of carboxylic acids is 1. The molecular weight excluding hydrogens is 510 g/mol. The van der Waals surface area contributed by atoms with Crippen LogP contribution in [0.4, 0.5) is 11.6 Å². The largest absolute Gasteiger partial charge is 0.478 e. The molecule has 2 heterocycles. The fourth-order valence-corrected chi connectivity index (χ4v) is 4.96. The molecule has 4 aromatic rings. The molecule has 0 fully saturated rings. The Morgan fingerprint density at radius 1 is 1.05 bits per heavy atom. The van der Waals surface area contributed by atoms with Crippen LogP contribution in [0.3, 0.4) is 0 Å². The van der Waals surface area contributed by atoms with E-state index in [9.17, 15) is 14.7 Å². The van der Waals surface area contributed by atoms with Crippen molar-refractivity contribution in [3.05, 3.63) is 112 Å². The van der Waals surface area contributed by atoms with Crippen LogP contribution in [0.25, 0.3) is 0 Å². The lowest BCUT2D eigenvalue weighted by Crippen LogP contribution is -2.31. The first-order valence-corrected chi connectivity index (χ1v) is 12.8. The molecule has 1 amide bonds. The zero-order valence-electron chi connectivity index (χ0n) is 19.7. The number of aromatic carboxylic acids is 1. The number of allylic oxidation sites excluding steroid dienone is 1. The van der Waals surface area contributed by atoms with E-state index in [0.29, 0.717) is 44.4 Å². The van der Waals surface area contributed by atoms with Crippen LogP contribution >= 0.6 is 23.4 Å². The first-order chi connectivity index (χ1) is 17.9. The van der Waals surface area contributed by atoms with Crippen LogP contribution in [-0.2, 0) is 10.5 Å². The summed E-state index contributed by atoms with van der Waals surface area (Å²) in [6.45, 7) is 1.82. The van der Waals surface area contributed by atoms with E-state index < -0.39 is 12.0 Å². The number of anilines is 2. The van der Waals surface area contributed by atoms with E-state index in [1.54, 1.807) is 16.8 Å². The summed E-state index contributed by atoms with van der Waals surface area (Å²) in [5.74, 6) is -0.167. The molecule has 3 N–H and O–H groups in total. The van der Waals surface area contributed by atoms with Gasteiger partial charge < -0.3 is 15.7 Å². The molecule has 0 unspecified atom stereocenters. The molecule has 1 aliphatic heterocycles. The van der Waals surface area contributed by atoms with Crippen LogP contribution in [-0.4, -0.2) is 31.7 Å². The third-order valence-corrected chi connectivity index (χ3v) is 7.02. The van der Waals surface area contributed by atoms with Gasteiger partial charge in [-0.05, 0) is 54.4 Å². The average Bonchev–Trinajstić information content (AvgIpc) is 3.30. The maximum absolute atomic E-state index is 13.5. The number of halogens is 1. The number of benzene rings is 3. The molecule has 0 saturated carbocycles. The van der Waals surface area contributed by atoms with Gasteiger partial charge in [-0.2, -0.15) is 4.98 Å². The van der Waals surface area contributed by atoms with Crippen molar-refractivity contribution >= 4 is 46.9 Å². The second-order valence-electron chi connectivity index (χ2n) is 8.39. The minimum absolute atomic E-state index is 0.159. The Hall–Kier alpha value is -4.08. The van der Waals surface area contributed by atoms with Crippen molar-refractivity contribution in [3.8, 4) is 0 Å². The van der Waals surface area contributed by atoms with Gasteiger partial charge in [0.15, 0.2) is 0 Å². The third-order valence-electron chi connectivity index (χ3n) is 5.86. The summed E-state index contributed by atoms with van der Waals surface area (Å²) < 4.78 is 1.67. The van der Waals surface area contributed by atoms with E-state index in [-0.39, 0.29) is 11.5 Å². The zero-order chi connectivity index (χ0) is 25.9. The number of nitrogens with one attached hydrogen (secondary N) is 2. The van der Waals surface area contributed by atoms with E-state index in [4.69, 9.17) is 16.7 Å². The molecule has 1 aliphatic rings. The quantitative estimate of drug-likeness (QED) is 0.257. The number of rotatable bonds is 7.